The minimum Gasteiger partial charge on any atom is -0.459 e. The molecule has 0 spiro atoms. The lowest BCUT2D eigenvalue weighted by molar-refractivity contribution is 0.203. The summed E-state index contributed by atoms with van der Waals surface area (Å²) in [6.07, 6.45) is 8.28. The topological polar surface area (TPSA) is 58.4 Å². The number of furan rings is 1. The molecule has 0 radical (unpaired) electrons. The molecule has 0 unspecified atom stereocenters. The molecule has 0 atom stereocenters. The Hall–Kier alpha value is -2.61. The first-order valence-corrected chi connectivity index (χ1v) is 16.1. The minimum atomic E-state index is -0.151. The van der Waals surface area contributed by atoms with E-state index in [4.69, 9.17) is 16.0 Å². The molecule has 0 fully saturated rings. The van der Waals surface area contributed by atoms with E-state index in [2.05, 4.69) is 36.3 Å². The van der Waals surface area contributed by atoms with Crippen molar-refractivity contribution in [3.63, 3.8) is 0 Å². The van der Waals surface area contributed by atoms with Crippen molar-refractivity contribution in [3.8, 4) is 11.1 Å². The average Bonchev–Trinajstić information content (AvgIpc) is 3.28. The van der Waals surface area contributed by atoms with Gasteiger partial charge in [-0.3, -0.25) is 0 Å². The summed E-state index contributed by atoms with van der Waals surface area (Å²) in [6.45, 7) is 7.23. The number of aromatic nitrogens is 1. The number of amides is 2. The highest BCUT2D eigenvalue weighted by molar-refractivity contribution is 7.99. The highest BCUT2D eigenvalue weighted by atomic mass is 35.5. The molecule has 8 heteroatoms. The molecule has 1 N–H and O–H groups in total. The lowest BCUT2D eigenvalue weighted by Gasteiger charge is -2.24. The minimum absolute atomic E-state index is 0.151. The highest BCUT2D eigenvalue weighted by Crippen LogP contribution is 2.38. The fraction of sp³-hybridized carbons (Fsp3) is 0.355. The van der Waals surface area contributed by atoms with Crippen LogP contribution in [0.2, 0.25) is 5.02 Å². The van der Waals surface area contributed by atoms with E-state index in [9.17, 15) is 4.79 Å². The number of hydrogen-bond donors (Lipinski definition) is 1. The number of aryl methyl sites for hydroxylation is 2. The van der Waals surface area contributed by atoms with Gasteiger partial charge in [0.05, 0.1) is 12.2 Å². The number of halogens is 1. The molecule has 0 saturated heterocycles. The van der Waals surface area contributed by atoms with Crippen molar-refractivity contribution in [1.29, 1.82) is 0 Å². The van der Waals surface area contributed by atoms with E-state index in [1.807, 2.05) is 60.7 Å². The number of unbranched alkanes of at least 4 members (excludes halogenated alkanes) is 3. The number of fused-ring (bicyclic) bond motifs is 1. The fourth-order valence-electron chi connectivity index (χ4n) is 4.69. The zero-order valence-electron chi connectivity index (χ0n) is 23.3. The van der Waals surface area contributed by atoms with E-state index >= 15 is 0 Å². The van der Waals surface area contributed by atoms with Crippen LogP contribution in [0.5, 0.6) is 0 Å². The number of nitrogens with zero attached hydrogens (tertiary/aromatic N) is 2. The van der Waals surface area contributed by atoms with Gasteiger partial charge in [0, 0.05) is 33.1 Å². The van der Waals surface area contributed by atoms with Crippen LogP contribution < -0.4 is 5.32 Å². The summed E-state index contributed by atoms with van der Waals surface area (Å²) >= 11 is 9.36. The van der Waals surface area contributed by atoms with Crippen LogP contribution in [-0.4, -0.2) is 35.0 Å². The van der Waals surface area contributed by atoms with Gasteiger partial charge in [-0.2, -0.15) is 0 Å². The zero-order valence-corrected chi connectivity index (χ0v) is 25.7. The first-order valence-electron chi connectivity index (χ1n) is 13.3. The standard InChI is InChI=1S/C31H36ClN3O2S2/c1-6-7-8-9-16-35(31(36)34-29-27(38-4)18-21(3)33-30(29)39-5)19-26-28(22-11-13-23(32)14-12-22)24-17-20(2)10-15-25(24)37-26/h10-15,17-18H,6-9,16,19H2,1-5H3,(H,34,36). The first-order chi connectivity index (χ1) is 18.8. The van der Waals surface area contributed by atoms with Crippen molar-refractivity contribution >= 4 is 57.8 Å². The molecule has 0 saturated carbocycles. The smallest absolute Gasteiger partial charge is 0.322 e. The van der Waals surface area contributed by atoms with Gasteiger partial charge in [-0.1, -0.05) is 61.5 Å². The van der Waals surface area contributed by atoms with Crippen LogP contribution in [0.1, 0.15) is 49.6 Å². The summed E-state index contributed by atoms with van der Waals surface area (Å²) in [5, 5.41) is 5.74. The Bertz CT molecular complexity index is 1410. The number of hydrogen-bond acceptors (Lipinski definition) is 5. The van der Waals surface area contributed by atoms with E-state index in [-0.39, 0.29) is 6.03 Å². The molecule has 4 aromatic rings. The quantitative estimate of drug-likeness (QED) is 0.141. The van der Waals surface area contributed by atoms with E-state index in [1.54, 1.807) is 11.8 Å². The van der Waals surface area contributed by atoms with Gasteiger partial charge in [0.2, 0.25) is 0 Å². The van der Waals surface area contributed by atoms with Gasteiger partial charge in [0.1, 0.15) is 16.4 Å². The largest absolute Gasteiger partial charge is 0.459 e. The molecular formula is C31H36ClN3O2S2. The molecule has 5 nitrogen and oxygen atoms in total. The maximum Gasteiger partial charge on any atom is 0.322 e. The Labute approximate surface area is 245 Å². The van der Waals surface area contributed by atoms with Crippen LogP contribution in [0.3, 0.4) is 0 Å². The summed E-state index contributed by atoms with van der Waals surface area (Å²) in [5.41, 5.74) is 5.68. The number of rotatable bonds is 11. The van der Waals surface area contributed by atoms with Crippen molar-refractivity contribution in [3.05, 3.63) is 70.6 Å². The van der Waals surface area contributed by atoms with Crippen molar-refractivity contribution in [2.24, 2.45) is 0 Å². The normalized spacial score (nSPS) is 11.2. The third kappa shape index (κ3) is 7.13. The van der Waals surface area contributed by atoms with Gasteiger partial charge in [-0.05, 0) is 68.7 Å². The lowest BCUT2D eigenvalue weighted by atomic mass is 10.0. The number of benzene rings is 2. The predicted octanol–water partition coefficient (Wildman–Crippen LogP) is 9.82. The molecule has 2 aromatic carbocycles. The maximum atomic E-state index is 13.9. The second-order valence-electron chi connectivity index (χ2n) is 9.67. The fourth-order valence-corrected chi connectivity index (χ4v) is 6.12. The van der Waals surface area contributed by atoms with Gasteiger partial charge < -0.3 is 14.6 Å². The Morgan fingerprint density at radius 3 is 2.49 bits per heavy atom. The zero-order chi connectivity index (χ0) is 27.9. The molecular weight excluding hydrogens is 546 g/mol. The average molecular weight is 582 g/mol. The second-order valence-corrected chi connectivity index (χ2v) is 11.7. The number of thioether (sulfide) groups is 2. The van der Waals surface area contributed by atoms with E-state index in [0.29, 0.717) is 18.1 Å². The molecule has 0 bridgehead atoms. The van der Waals surface area contributed by atoms with Gasteiger partial charge in [-0.15, -0.1) is 23.5 Å². The van der Waals surface area contributed by atoms with Crippen LogP contribution >= 0.6 is 35.1 Å². The van der Waals surface area contributed by atoms with E-state index < -0.39 is 0 Å². The Morgan fingerprint density at radius 1 is 1.03 bits per heavy atom. The Morgan fingerprint density at radius 2 is 1.79 bits per heavy atom. The van der Waals surface area contributed by atoms with E-state index in [1.165, 1.54) is 11.8 Å². The SMILES string of the molecule is CCCCCCN(Cc1oc2ccc(C)cc2c1-c1ccc(Cl)cc1)C(=O)Nc1c(SC)cc(C)nc1SC. The van der Waals surface area contributed by atoms with Crippen LogP contribution in [0.15, 0.2) is 62.9 Å². The van der Waals surface area contributed by atoms with Crippen LogP contribution in [-0.2, 0) is 6.54 Å². The highest BCUT2D eigenvalue weighted by Gasteiger charge is 2.23. The van der Waals surface area contributed by atoms with Crippen LogP contribution in [0, 0.1) is 13.8 Å². The monoisotopic (exact) mass is 581 g/mol. The number of urea groups is 1. The second kappa shape index (κ2) is 13.6. The number of carbonyl (C=O) groups is 1. The van der Waals surface area contributed by atoms with Gasteiger partial charge in [-0.25, -0.2) is 9.78 Å². The summed E-state index contributed by atoms with van der Waals surface area (Å²) < 4.78 is 6.43. The number of pyridine rings is 1. The molecule has 0 aliphatic heterocycles. The molecule has 0 aliphatic carbocycles. The summed E-state index contributed by atoms with van der Waals surface area (Å²) in [7, 11) is 0. The summed E-state index contributed by atoms with van der Waals surface area (Å²) in [5.74, 6) is 0.765. The van der Waals surface area contributed by atoms with Crippen LogP contribution in [0.4, 0.5) is 10.5 Å². The predicted molar refractivity (Wildman–Crippen MR) is 168 cm³/mol. The van der Waals surface area contributed by atoms with Crippen molar-refractivity contribution in [1.82, 2.24) is 9.88 Å². The first kappa shape index (κ1) is 29.4. The Kier molecular flexibility index (Phi) is 10.3. The molecule has 2 aromatic heterocycles. The third-order valence-corrected chi connectivity index (χ3v) is 8.37. The lowest BCUT2D eigenvalue weighted by Crippen LogP contribution is -2.35. The number of carbonyl (C=O) groups excluding carboxylic acids is 1. The number of anilines is 1. The van der Waals surface area contributed by atoms with E-state index in [0.717, 1.165) is 80.4 Å². The third-order valence-electron chi connectivity index (χ3n) is 6.68. The number of nitrogens with one attached hydrogen (secondary N) is 1. The van der Waals surface area contributed by atoms with Crippen molar-refractivity contribution < 1.29 is 9.21 Å². The molecule has 4 rings (SSSR count). The van der Waals surface area contributed by atoms with Gasteiger partial charge >= 0.3 is 6.03 Å². The van der Waals surface area contributed by atoms with Crippen molar-refractivity contribution in [2.45, 2.75) is 62.9 Å². The molecule has 39 heavy (non-hydrogen) atoms. The Balaban J connectivity index is 1.72. The van der Waals surface area contributed by atoms with Gasteiger partial charge in [0.25, 0.3) is 0 Å². The molecule has 0 aliphatic rings. The summed E-state index contributed by atoms with van der Waals surface area (Å²) in [4.78, 5) is 21.4. The molecule has 206 valence electrons. The maximum absolute atomic E-state index is 13.9. The van der Waals surface area contributed by atoms with Gasteiger partial charge in [0.15, 0.2) is 0 Å². The molecule has 2 heterocycles. The van der Waals surface area contributed by atoms with Crippen molar-refractivity contribution in [2.75, 3.05) is 24.4 Å². The van der Waals surface area contributed by atoms with Crippen LogP contribution in [0.25, 0.3) is 22.1 Å². The molecule has 2 amide bonds. The summed E-state index contributed by atoms with van der Waals surface area (Å²) in [6, 6.07) is 15.9.